The number of nitrogens with zero attached hydrogens (tertiary/aromatic N) is 5. The number of hydrogen-bond acceptors (Lipinski definition) is 8. The third-order valence-electron chi connectivity index (χ3n) is 6.68. The Hall–Kier alpha value is -3.69. The Morgan fingerprint density at radius 3 is 2.50 bits per heavy atom. The fourth-order valence-electron chi connectivity index (χ4n) is 5.14. The first-order valence-electron chi connectivity index (χ1n) is 12.6. The molecule has 10 heteroatoms. The molecule has 2 aliphatic rings. The van der Waals surface area contributed by atoms with Gasteiger partial charge < -0.3 is 20.7 Å². The lowest BCUT2D eigenvalue weighted by Gasteiger charge is -2.23. The number of nitrogens with one attached hydrogen (secondary N) is 1. The summed E-state index contributed by atoms with van der Waals surface area (Å²) in [4.78, 5) is 42.0. The zero-order valence-corrected chi connectivity index (χ0v) is 21.0. The molecule has 1 aromatic carbocycles. The van der Waals surface area contributed by atoms with Gasteiger partial charge in [0.2, 0.25) is 5.95 Å². The first-order valence-corrected chi connectivity index (χ1v) is 12.6. The molecule has 0 radical (unpaired) electrons. The molecule has 190 valence electrons. The summed E-state index contributed by atoms with van der Waals surface area (Å²) >= 11 is 0. The van der Waals surface area contributed by atoms with E-state index < -0.39 is 11.7 Å². The van der Waals surface area contributed by atoms with Crippen LogP contribution in [0.25, 0.3) is 22.4 Å². The van der Waals surface area contributed by atoms with Crippen molar-refractivity contribution in [3.8, 4) is 11.3 Å². The van der Waals surface area contributed by atoms with Crippen molar-refractivity contribution in [3.05, 3.63) is 40.7 Å². The molecular weight excluding hydrogens is 458 g/mol. The van der Waals surface area contributed by atoms with Gasteiger partial charge in [-0.15, -0.1) is 0 Å². The van der Waals surface area contributed by atoms with Gasteiger partial charge in [-0.1, -0.05) is 43.2 Å². The van der Waals surface area contributed by atoms with Gasteiger partial charge in [0.25, 0.3) is 5.56 Å². The number of aromatic nitrogens is 4. The number of nitrogens with two attached hydrogens (primary N) is 1. The van der Waals surface area contributed by atoms with E-state index in [2.05, 4.69) is 15.3 Å². The van der Waals surface area contributed by atoms with Crippen molar-refractivity contribution < 1.29 is 9.53 Å². The number of nitrogen functional groups attached to an aromatic ring is 1. The number of ether oxygens (including phenoxy) is 1. The first kappa shape index (κ1) is 24.0. The second kappa shape index (κ2) is 9.40. The van der Waals surface area contributed by atoms with Gasteiger partial charge in [-0.3, -0.25) is 9.36 Å². The number of fused-ring (bicyclic) bond motifs is 1. The molecule has 1 amide bonds. The van der Waals surface area contributed by atoms with Crippen LogP contribution >= 0.6 is 0 Å². The molecule has 2 fully saturated rings. The van der Waals surface area contributed by atoms with Crippen molar-refractivity contribution in [2.45, 2.75) is 70.6 Å². The lowest BCUT2D eigenvalue weighted by molar-refractivity contribution is 0.0509. The Balaban J connectivity index is 1.57. The van der Waals surface area contributed by atoms with E-state index in [1.807, 2.05) is 56.0 Å². The quantitative estimate of drug-likeness (QED) is 0.566. The van der Waals surface area contributed by atoms with Crippen molar-refractivity contribution in [2.24, 2.45) is 0 Å². The minimum Gasteiger partial charge on any atom is -0.444 e. The Labute approximate surface area is 209 Å². The number of amides is 1. The van der Waals surface area contributed by atoms with E-state index in [9.17, 15) is 9.59 Å². The third-order valence-corrected chi connectivity index (χ3v) is 6.68. The smallest absolute Gasteiger partial charge is 0.407 e. The molecule has 1 aliphatic carbocycles. The molecule has 5 rings (SSSR count). The van der Waals surface area contributed by atoms with Gasteiger partial charge in [0, 0.05) is 24.7 Å². The van der Waals surface area contributed by atoms with Crippen molar-refractivity contribution in [2.75, 3.05) is 23.7 Å². The van der Waals surface area contributed by atoms with Crippen LogP contribution in [0.3, 0.4) is 0 Å². The Morgan fingerprint density at radius 2 is 1.81 bits per heavy atom. The molecule has 36 heavy (non-hydrogen) atoms. The van der Waals surface area contributed by atoms with Gasteiger partial charge in [-0.05, 0) is 40.0 Å². The highest BCUT2D eigenvalue weighted by atomic mass is 16.6. The number of alkyl carbamates (subject to hydrolysis) is 1. The summed E-state index contributed by atoms with van der Waals surface area (Å²) in [7, 11) is 0. The van der Waals surface area contributed by atoms with Gasteiger partial charge >= 0.3 is 6.09 Å². The second-order valence-corrected chi connectivity index (χ2v) is 10.6. The minimum atomic E-state index is -0.576. The summed E-state index contributed by atoms with van der Waals surface area (Å²) in [5, 5.41) is 2.93. The summed E-state index contributed by atoms with van der Waals surface area (Å²) in [5.41, 5.74) is 7.86. The van der Waals surface area contributed by atoms with Crippen LogP contribution in [0.2, 0.25) is 0 Å². The molecule has 3 heterocycles. The molecule has 10 nitrogen and oxygen atoms in total. The summed E-state index contributed by atoms with van der Waals surface area (Å²) in [6, 6.07) is 9.59. The van der Waals surface area contributed by atoms with Gasteiger partial charge in [-0.25, -0.2) is 14.8 Å². The molecule has 0 bridgehead atoms. The van der Waals surface area contributed by atoms with Gasteiger partial charge in [0.1, 0.15) is 16.8 Å². The number of benzene rings is 1. The molecule has 1 saturated carbocycles. The SMILES string of the molecule is CC(C)(C)OC(=O)NC1CCN(c2nc3c(-c4ccccc4)nc(N)nc3n(C3CCCC3)c2=O)C1. The topological polar surface area (TPSA) is 128 Å². The molecule has 1 aliphatic heterocycles. The van der Waals surface area contributed by atoms with Crippen LogP contribution in [0.1, 0.15) is 58.9 Å². The van der Waals surface area contributed by atoms with Gasteiger partial charge in [0.15, 0.2) is 11.5 Å². The van der Waals surface area contributed by atoms with E-state index in [1.54, 1.807) is 4.57 Å². The standard InChI is InChI=1S/C26H33N7O3/c1-26(2,3)36-25(35)28-17-13-14-32(15-17)22-23(34)33(18-11-7-8-12-18)21-20(29-22)19(30-24(27)31-21)16-9-5-4-6-10-16/h4-6,9-10,17-18H,7-8,11-15H2,1-3H3,(H,28,35)(H2,27,30,31). The van der Waals surface area contributed by atoms with Gasteiger partial charge in [-0.2, -0.15) is 4.98 Å². The van der Waals surface area contributed by atoms with E-state index in [0.717, 1.165) is 31.2 Å². The summed E-state index contributed by atoms with van der Waals surface area (Å²) < 4.78 is 7.19. The average molecular weight is 492 g/mol. The van der Waals surface area contributed by atoms with Gasteiger partial charge in [0.05, 0.1) is 6.04 Å². The molecule has 1 atom stereocenters. The molecular formula is C26H33N7O3. The van der Waals surface area contributed by atoms with Crippen LogP contribution in [-0.2, 0) is 4.74 Å². The molecule has 3 N–H and O–H groups in total. The highest BCUT2D eigenvalue weighted by Crippen LogP contribution is 2.33. The largest absolute Gasteiger partial charge is 0.444 e. The van der Waals surface area contributed by atoms with Crippen LogP contribution in [0.15, 0.2) is 35.1 Å². The fraction of sp³-hybridized carbons (Fsp3) is 0.500. The van der Waals surface area contributed by atoms with Crippen molar-refractivity contribution in [1.82, 2.24) is 24.8 Å². The number of anilines is 2. The lowest BCUT2D eigenvalue weighted by atomic mass is 10.1. The molecule has 0 spiro atoms. The summed E-state index contributed by atoms with van der Waals surface area (Å²) in [5.74, 6) is 0.471. The van der Waals surface area contributed by atoms with Crippen LogP contribution in [0, 0.1) is 0 Å². The number of carbonyl (C=O) groups excluding carboxylic acids is 1. The molecule has 3 aromatic rings. The van der Waals surface area contributed by atoms with Crippen LogP contribution in [0.5, 0.6) is 0 Å². The van der Waals surface area contributed by atoms with E-state index in [-0.39, 0.29) is 23.6 Å². The maximum Gasteiger partial charge on any atom is 0.407 e. The van der Waals surface area contributed by atoms with Crippen molar-refractivity contribution >= 4 is 29.0 Å². The Morgan fingerprint density at radius 1 is 1.08 bits per heavy atom. The third kappa shape index (κ3) is 4.84. The average Bonchev–Trinajstić information content (AvgIpc) is 3.50. The van der Waals surface area contributed by atoms with Crippen molar-refractivity contribution in [3.63, 3.8) is 0 Å². The molecule has 2 aromatic heterocycles. The van der Waals surface area contributed by atoms with E-state index in [1.165, 1.54) is 0 Å². The number of rotatable bonds is 4. The highest BCUT2D eigenvalue weighted by molar-refractivity contribution is 5.89. The summed E-state index contributed by atoms with van der Waals surface area (Å²) in [6.07, 6.45) is 4.17. The minimum absolute atomic E-state index is 0.0398. The fourth-order valence-corrected chi connectivity index (χ4v) is 5.14. The maximum absolute atomic E-state index is 13.9. The van der Waals surface area contributed by atoms with Crippen LogP contribution in [0.4, 0.5) is 16.6 Å². The zero-order chi connectivity index (χ0) is 25.4. The second-order valence-electron chi connectivity index (χ2n) is 10.6. The first-order chi connectivity index (χ1) is 17.2. The molecule has 1 unspecified atom stereocenters. The number of carbonyl (C=O) groups is 1. The van der Waals surface area contributed by atoms with E-state index >= 15 is 0 Å². The summed E-state index contributed by atoms with van der Waals surface area (Å²) in [6.45, 7) is 6.55. The predicted molar refractivity (Wildman–Crippen MR) is 139 cm³/mol. The highest BCUT2D eigenvalue weighted by Gasteiger charge is 2.31. The monoisotopic (exact) mass is 491 g/mol. The van der Waals surface area contributed by atoms with Crippen LogP contribution in [-0.4, -0.2) is 50.3 Å². The maximum atomic E-state index is 13.9. The van der Waals surface area contributed by atoms with Crippen molar-refractivity contribution in [1.29, 1.82) is 0 Å². The van der Waals surface area contributed by atoms with E-state index in [4.69, 9.17) is 15.5 Å². The Kier molecular flexibility index (Phi) is 6.27. The van der Waals surface area contributed by atoms with Crippen LogP contribution < -0.4 is 21.5 Å². The zero-order valence-electron chi connectivity index (χ0n) is 21.0. The lowest BCUT2D eigenvalue weighted by Crippen LogP contribution is -2.41. The predicted octanol–water partition coefficient (Wildman–Crippen LogP) is 3.65. The molecule has 1 saturated heterocycles. The Bertz CT molecular complexity index is 1330. The van der Waals surface area contributed by atoms with E-state index in [0.29, 0.717) is 42.2 Å². The number of hydrogen-bond donors (Lipinski definition) is 2. The normalized spacial score (nSPS) is 18.6.